The van der Waals surface area contributed by atoms with Crippen molar-refractivity contribution >= 4 is 16.6 Å². The van der Waals surface area contributed by atoms with Crippen LogP contribution < -0.4 is 15.9 Å². The molecule has 0 spiro atoms. The number of fused-ring (bicyclic) bond motifs is 1. The summed E-state index contributed by atoms with van der Waals surface area (Å²) in [6.07, 6.45) is 1.34. The largest absolute Gasteiger partial charge is 0.492 e. The van der Waals surface area contributed by atoms with E-state index < -0.39 is 0 Å². The van der Waals surface area contributed by atoms with Crippen LogP contribution >= 0.6 is 0 Å². The Bertz CT molecular complexity index is 810. The first-order valence-electron chi connectivity index (χ1n) is 6.67. The number of ether oxygens (including phenoxy) is 1. The van der Waals surface area contributed by atoms with Crippen LogP contribution in [-0.2, 0) is 6.54 Å². The Morgan fingerprint density at radius 1 is 1.10 bits per heavy atom. The fourth-order valence-corrected chi connectivity index (χ4v) is 2.15. The first-order valence-corrected chi connectivity index (χ1v) is 6.67. The quantitative estimate of drug-likeness (QED) is 0.743. The third kappa shape index (κ3) is 2.86. The molecule has 106 valence electrons. The number of benzene rings is 2. The summed E-state index contributed by atoms with van der Waals surface area (Å²) in [4.78, 5) is 11.7. The van der Waals surface area contributed by atoms with Gasteiger partial charge in [-0.05, 0) is 36.4 Å². The van der Waals surface area contributed by atoms with E-state index in [1.54, 1.807) is 22.9 Å². The summed E-state index contributed by atoms with van der Waals surface area (Å²) in [6.45, 7) is 1.02. The van der Waals surface area contributed by atoms with Crippen LogP contribution in [0.5, 0.6) is 5.75 Å². The molecule has 3 rings (SSSR count). The SMILES string of the molecule is Nc1ccc(OCCn2ncc(=O)c3ccccc32)cc1. The van der Waals surface area contributed by atoms with E-state index in [4.69, 9.17) is 10.5 Å². The fourth-order valence-electron chi connectivity index (χ4n) is 2.15. The van der Waals surface area contributed by atoms with Crippen molar-refractivity contribution in [3.63, 3.8) is 0 Å². The Kier molecular flexibility index (Phi) is 3.55. The number of nitrogens with two attached hydrogens (primary N) is 1. The van der Waals surface area contributed by atoms with Crippen LogP contribution in [0.25, 0.3) is 10.9 Å². The smallest absolute Gasteiger partial charge is 0.207 e. The molecule has 0 radical (unpaired) electrons. The van der Waals surface area contributed by atoms with Crippen molar-refractivity contribution in [3.05, 3.63) is 65.0 Å². The van der Waals surface area contributed by atoms with Crippen LogP contribution in [0.2, 0.25) is 0 Å². The molecule has 0 bridgehead atoms. The summed E-state index contributed by atoms with van der Waals surface area (Å²) in [5.74, 6) is 0.759. The lowest BCUT2D eigenvalue weighted by Gasteiger charge is -2.10. The second kappa shape index (κ2) is 5.66. The third-order valence-corrected chi connectivity index (χ3v) is 3.21. The predicted molar refractivity (Wildman–Crippen MR) is 82.4 cm³/mol. The summed E-state index contributed by atoms with van der Waals surface area (Å²) in [6, 6.07) is 14.7. The van der Waals surface area contributed by atoms with Gasteiger partial charge in [-0.15, -0.1) is 0 Å². The van der Waals surface area contributed by atoms with Crippen LogP contribution in [-0.4, -0.2) is 16.4 Å². The Morgan fingerprint density at radius 2 is 1.86 bits per heavy atom. The fraction of sp³-hybridized carbons (Fsp3) is 0.125. The molecule has 3 aromatic rings. The van der Waals surface area contributed by atoms with Gasteiger partial charge in [0.2, 0.25) is 5.43 Å². The first kappa shape index (κ1) is 13.2. The number of nitrogen functional groups attached to an aromatic ring is 1. The highest BCUT2D eigenvalue weighted by atomic mass is 16.5. The maximum atomic E-state index is 11.7. The average Bonchev–Trinajstić information content (AvgIpc) is 2.52. The van der Waals surface area contributed by atoms with Gasteiger partial charge in [0.1, 0.15) is 12.4 Å². The number of hydrogen-bond acceptors (Lipinski definition) is 4. The predicted octanol–water partition coefficient (Wildman–Crippen LogP) is 2.06. The number of nitrogens with zero attached hydrogens (tertiary/aromatic N) is 2. The number of anilines is 1. The highest BCUT2D eigenvalue weighted by Gasteiger charge is 2.03. The molecule has 1 aromatic heterocycles. The summed E-state index contributed by atoms with van der Waals surface area (Å²) in [5.41, 5.74) is 7.07. The molecule has 0 atom stereocenters. The van der Waals surface area contributed by atoms with E-state index in [1.807, 2.05) is 30.3 Å². The number of rotatable bonds is 4. The van der Waals surface area contributed by atoms with E-state index in [0.717, 1.165) is 11.3 Å². The van der Waals surface area contributed by atoms with Gasteiger partial charge in [-0.1, -0.05) is 12.1 Å². The molecule has 0 aliphatic heterocycles. The van der Waals surface area contributed by atoms with Crippen LogP contribution in [0.4, 0.5) is 5.69 Å². The number of hydrogen-bond donors (Lipinski definition) is 1. The van der Waals surface area contributed by atoms with Gasteiger partial charge in [-0.25, -0.2) is 0 Å². The van der Waals surface area contributed by atoms with E-state index in [2.05, 4.69) is 5.10 Å². The van der Waals surface area contributed by atoms with Gasteiger partial charge in [-0.2, -0.15) is 5.10 Å². The highest BCUT2D eigenvalue weighted by Crippen LogP contribution is 2.13. The maximum Gasteiger partial charge on any atom is 0.207 e. The van der Waals surface area contributed by atoms with E-state index in [0.29, 0.717) is 24.2 Å². The van der Waals surface area contributed by atoms with Crippen molar-refractivity contribution in [1.82, 2.24) is 9.78 Å². The first-order chi connectivity index (χ1) is 10.2. The van der Waals surface area contributed by atoms with Gasteiger partial charge < -0.3 is 10.5 Å². The van der Waals surface area contributed by atoms with E-state index in [1.165, 1.54) is 6.20 Å². The standard InChI is InChI=1S/C16H15N3O2/c17-12-5-7-13(8-6-12)21-10-9-19-15-4-2-1-3-14(15)16(20)11-18-19/h1-8,11H,9-10,17H2. The van der Waals surface area contributed by atoms with Gasteiger partial charge in [0.25, 0.3) is 0 Å². The summed E-state index contributed by atoms with van der Waals surface area (Å²) < 4.78 is 7.42. The van der Waals surface area contributed by atoms with Gasteiger partial charge in [-0.3, -0.25) is 9.48 Å². The van der Waals surface area contributed by atoms with Gasteiger partial charge in [0, 0.05) is 11.1 Å². The molecule has 0 unspecified atom stereocenters. The molecule has 0 fully saturated rings. The Hall–Kier alpha value is -2.82. The normalized spacial score (nSPS) is 10.7. The molecule has 1 heterocycles. The van der Waals surface area contributed by atoms with Gasteiger partial charge >= 0.3 is 0 Å². The second-order valence-corrected chi connectivity index (χ2v) is 4.67. The summed E-state index contributed by atoms with van der Waals surface area (Å²) in [5, 5.41) is 4.82. The van der Waals surface area contributed by atoms with Gasteiger partial charge in [0.15, 0.2) is 0 Å². The molecule has 21 heavy (non-hydrogen) atoms. The molecule has 0 saturated carbocycles. The van der Waals surface area contributed by atoms with Crippen molar-refractivity contribution in [3.8, 4) is 5.75 Å². The third-order valence-electron chi connectivity index (χ3n) is 3.21. The topological polar surface area (TPSA) is 70.1 Å². The lowest BCUT2D eigenvalue weighted by Crippen LogP contribution is -2.16. The number of para-hydroxylation sites is 1. The van der Waals surface area contributed by atoms with Crippen LogP contribution in [0.3, 0.4) is 0 Å². The van der Waals surface area contributed by atoms with Crippen molar-refractivity contribution in [2.45, 2.75) is 6.54 Å². The van der Waals surface area contributed by atoms with Crippen LogP contribution in [0.15, 0.2) is 59.5 Å². The Balaban J connectivity index is 1.75. The minimum atomic E-state index is -0.0682. The lowest BCUT2D eigenvalue weighted by molar-refractivity contribution is 0.293. The zero-order valence-electron chi connectivity index (χ0n) is 11.4. The Morgan fingerprint density at radius 3 is 2.67 bits per heavy atom. The van der Waals surface area contributed by atoms with E-state index in [-0.39, 0.29) is 5.43 Å². The summed E-state index contributed by atoms with van der Waals surface area (Å²) >= 11 is 0. The molecule has 5 heteroatoms. The number of aromatic nitrogens is 2. The molecule has 0 amide bonds. The maximum absolute atomic E-state index is 11.7. The highest BCUT2D eigenvalue weighted by molar-refractivity contribution is 5.77. The lowest BCUT2D eigenvalue weighted by atomic mass is 10.2. The van der Waals surface area contributed by atoms with E-state index in [9.17, 15) is 4.79 Å². The van der Waals surface area contributed by atoms with Crippen molar-refractivity contribution in [1.29, 1.82) is 0 Å². The minimum absolute atomic E-state index is 0.0682. The zero-order chi connectivity index (χ0) is 14.7. The molecule has 0 aliphatic carbocycles. The van der Waals surface area contributed by atoms with Crippen LogP contribution in [0, 0.1) is 0 Å². The molecule has 0 saturated heterocycles. The summed E-state index contributed by atoms with van der Waals surface area (Å²) in [7, 11) is 0. The molecule has 2 N–H and O–H groups in total. The van der Waals surface area contributed by atoms with Crippen molar-refractivity contribution in [2.24, 2.45) is 0 Å². The second-order valence-electron chi connectivity index (χ2n) is 4.67. The van der Waals surface area contributed by atoms with E-state index >= 15 is 0 Å². The zero-order valence-corrected chi connectivity index (χ0v) is 11.4. The molecule has 5 nitrogen and oxygen atoms in total. The average molecular weight is 281 g/mol. The van der Waals surface area contributed by atoms with Gasteiger partial charge in [0.05, 0.1) is 18.3 Å². The minimum Gasteiger partial charge on any atom is -0.492 e. The van der Waals surface area contributed by atoms with Crippen molar-refractivity contribution in [2.75, 3.05) is 12.3 Å². The Labute approximate surface area is 121 Å². The molecule has 0 aliphatic rings. The van der Waals surface area contributed by atoms with Crippen LogP contribution in [0.1, 0.15) is 0 Å². The molecule has 2 aromatic carbocycles. The van der Waals surface area contributed by atoms with Crippen molar-refractivity contribution < 1.29 is 4.74 Å². The monoisotopic (exact) mass is 281 g/mol. The molecular formula is C16H15N3O2. The molecular weight excluding hydrogens is 266 g/mol.